The van der Waals surface area contributed by atoms with Crippen LogP contribution in [0.2, 0.25) is 0 Å². The van der Waals surface area contributed by atoms with Crippen LogP contribution in [0.25, 0.3) is 0 Å². The van der Waals surface area contributed by atoms with Crippen molar-refractivity contribution in [1.29, 1.82) is 0 Å². The minimum Gasteiger partial charge on any atom is -0.495 e. The summed E-state index contributed by atoms with van der Waals surface area (Å²) in [6.07, 6.45) is 0. The van der Waals surface area contributed by atoms with E-state index in [9.17, 15) is 8.42 Å². The molecule has 0 bridgehead atoms. The summed E-state index contributed by atoms with van der Waals surface area (Å²) >= 11 is 0. The second kappa shape index (κ2) is 6.22. The third kappa shape index (κ3) is 2.92. The van der Waals surface area contributed by atoms with Crippen LogP contribution in [-0.2, 0) is 16.6 Å². The number of ether oxygens (including phenoxy) is 1. The first-order valence-corrected chi connectivity index (χ1v) is 8.94. The highest BCUT2D eigenvalue weighted by Gasteiger charge is 2.30. The van der Waals surface area contributed by atoms with E-state index in [1.54, 1.807) is 12.1 Å². The van der Waals surface area contributed by atoms with Gasteiger partial charge in [0, 0.05) is 19.6 Å². The van der Waals surface area contributed by atoms with E-state index in [1.165, 1.54) is 11.4 Å². The number of aryl methyl sites for hydroxylation is 1. The van der Waals surface area contributed by atoms with Gasteiger partial charge in [0.15, 0.2) is 0 Å². The molecule has 5 nitrogen and oxygen atoms in total. The predicted molar refractivity (Wildman–Crippen MR) is 90.4 cm³/mol. The Bertz CT molecular complexity index is 818. The Morgan fingerprint density at radius 2 is 1.96 bits per heavy atom. The second-order valence-electron chi connectivity index (χ2n) is 5.54. The van der Waals surface area contributed by atoms with Gasteiger partial charge in [0.05, 0.1) is 12.8 Å². The zero-order valence-corrected chi connectivity index (χ0v) is 14.1. The van der Waals surface area contributed by atoms with Crippen LogP contribution in [0.15, 0.2) is 47.4 Å². The van der Waals surface area contributed by atoms with E-state index in [4.69, 9.17) is 4.74 Å². The van der Waals surface area contributed by atoms with E-state index in [2.05, 4.69) is 5.32 Å². The number of para-hydroxylation sites is 1. The number of methoxy groups -OCH3 is 1. The van der Waals surface area contributed by atoms with Gasteiger partial charge in [-0.15, -0.1) is 0 Å². The molecule has 0 amide bonds. The Labute approximate surface area is 136 Å². The Kier molecular flexibility index (Phi) is 4.28. The van der Waals surface area contributed by atoms with E-state index < -0.39 is 10.0 Å². The lowest BCUT2D eigenvalue weighted by molar-refractivity contribution is 0.402. The molecule has 2 aromatic carbocycles. The molecule has 0 saturated carbocycles. The molecule has 0 fully saturated rings. The molecule has 122 valence electrons. The third-order valence-electron chi connectivity index (χ3n) is 3.95. The maximum Gasteiger partial charge on any atom is 0.268 e. The molecule has 1 aliphatic rings. The molecule has 2 aromatic rings. The van der Waals surface area contributed by atoms with Crippen LogP contribution in [0, 0.1) is 6.92 Å². The fourth-order valence-electron chi connectivity index (χ4n) is 2.78. The van der Waals surface area contributed by atoms with Crippen molar-refractivity contribution >= 4 is 15.7 Å². The number of sulfonamides is 1. The molecule has 1 N–H and O–H groups in total. The van der Waals surface area contributed by atoms with Crippen LogP contribution in [0.5, 0.6) is 5.75 Å². The first-order valence-electron chi connectivity index (χ1n) is 7.50. The molecule has 0 radical (unpaired) electrons. The molecular formula is C17H20N2O3S. The molecule has 0 saturated heterocycles. The van der Waals surface area contributed by atoms with Crippen molar-refractivity contribution in [2.24, 2.45) is 0 Å². The van der Waals surface area contributed by atoms with Gasteiger partial charge >= 0.3 is 0 Å². The van der Waals surface area contributed by atoms with E-state index in [1.807, 2.05) is 37.3 Å². The summed E-state index contributed by atoms with van der Waals surface area (Å²) in [5, 5.41) is 3.26. The van der Waals surface area contributed by atoms with E-state index in [-0.39, 0.29) is 4.90 Å². The molecule has 23 heavy (non-hydrogen) atoms. The minimum atomic E-state index is -3.70. The topological polar surface area (TPSA) is 58.6 Å². The number of fused-ring (bicyclic) bond motifs is 1. The molecule has 0 aromatic heterocycles. The summed E-state index contributed by atoms with van der Waals surface area (Å²) in [6, 6.07) is 12.8. The number of nitrogens with one attached hydrogen (secondary N) is 1. The van der Waals surface area contributed by atoms with Crippen molar-refractivity contribution in [3.63, 3.8) is 0 Å². The molecule has 3 rings (SSSR count). The molecule has 0 unspecified atom stereocenters. The van der Waals surface area contributed by atoms with Gasteiger partial charge in [0.25, 0.3) is 10.0 Å². The van der Waals surface area contributed by atoms with Gasteiger partial charge in [-0.05, 0) is 36.2 Å². The zero-order chi connectivity index (χ0) is 16.4. The molecule has 1 heterocycles. The van der Waals surface area contributed by atoms with Crippen LogP contribution >= 0.6 is 0 Å². The number of anilines is 1. The summed E-state index contributed by atoms with van der Waals surface area (Å²) in [6.45, 7) is 3.52. The van der Waals surface area contributed by atoms with Gasteiger partial charge in [-0.2, -0.15) is 0 Å². The highest BCUT2D eigenvalue weighted by Crippen LogP contribution is 2.32. The van der Waals surface area contributed by atoms with Gasteiger partial charge in [-0.3, -0.25) is 4.31 Å². The Morgan fingerprint density at radius 3 is 2.74 bits per heavy atom. The summed E-state index contributed by atoms with van der Waals surface area (Å²) in [5.74, 6) is 0.366. The molecular weight excluding hydrogens is 312 g/mol. The van der Waals surface area contributed by atoms with Crippen molar-refractivity contribution in [2.75, 3.05) is 24.5 Å². The van der Waals surface area contributed by atoms with Crippen LogP contribution in [-0.4, -0.2) is 28.6 Å². The minimum absolute atomic E-state index is 0.205. The van der Waals surface area contributed by atoms with Gasteiger partial charge < -0.3 is 10.1 Å². The molecule has 0 aliphatic carbocycles. The maximum absolute atomic E-state index is 13.3. The monoisotopic (exact) mass is 332 g/mol. The summed E-state index contributed by atoms with van der Waals surface area (Å²) in [5.41, 5.74) is 2.58. The largest absolute Gasteiger partial charge is 0.495 e. The maximum atomic E-state index is 13.3. The van der Waals surface area contributed by atoms with Gasteiger partial charge in [0.1, 0.15) is 10.6 Å². The predicted octanol–water partition coefficient (Wildman–Crippen LogP) is 2.30. The first-order chi connectivity index (χ1) is 11.0. The molecule has 6 heteroatoms. The van der Waals surface area contributed by atoms with E-state index >= 15 is 0 Å². The van der Waals surface area contributed by atoms with Gasteiger partial charge in [-0.25, -0.2) is 8.42 Å². The fraction of sp³-hybridized carbons (Fsp3) is 0.294. The van der Waals surface area contributed by atoms with Crippen molar-refractivity contribution in [3.05, 3.63) is 53.6 Å². The Hall–Kier alpha value is -2.05. The SMILES string of the molecule is COc1ccc(C)cc1S(=O)(=O)N1CCNCc2ccccc21. The number of nitrogens with zero attached hydrogens (tertiary/aromatic N) is 1. The highest BCUT2D eigenvalue weighted by atomic mass is 32.2. The van der Waals surface area contributed by atoms with E-state index in [0.717, 1.165) is 16.8 Å². The lowest BCUT2D eigenvalue weighted by atomic mass is 10.2. The van der Waals surface area contributed by atoms with Crippen molar-refractivity contribution < 1.29 is 13.2 Å². The van der Waals surface area contributed by atoms with Crippen molar-refractivity contribution in [3.8, 4) is 5.75 Å². The number of benzene rings is 2. The summed E-state index contributed by atoms with van der Waals surface area (Å²) in [4.78, 5) is 0.205. The summed E-state index contributed by atoms with van der Waals surface area (Å²) < 4.78 is 33.3. The average Bonchev–Trinajstić information content (AvgIpc) is 2.77. The zero-order valence-electron chi connectivity index (χ0n) is 13.2. The number of rotatable bonds is 3. The van der Waals surface area contributed by atoms with Crippen LogP contribution in [0.1, 0.15) is 11.1 Å². The number of hydrogen-bond donors (Lipinski definition) is 1. The lowest BCUT2D eigenvalue weighted by Crippen LogP contribution is -2.35. The van der Waals surface area contributed by atoms with Crippen molar-refractivity contribution in [1.82, 2.24) is 5.32 Å². The highest BCUT2D eigenvalue weighted by molar-refractivity contribution is 7.93. The first kappa shape index (κ1) is 15.8. The van der Waals surface area contributed by atoms with E-state index in [0.29, 0.717) is 25.4 Å². The van der Waals surface area contributed by atoms with Crippen molar-refractivity contribution in [2.45, 2.75) is 18.4 Å². The molecule has 0 spiro atoms. The smallest absolute Gasteiger partial charge is 0.268 e. The normalized spacial score (nSPS) is 15.0. The van der Waals surface area contributed by atoms with Crippen LogP contribution in [0.4, 0.5) is 5.69 Å². The standard InChI is InChI=1S/C17H20N2O3S/c1-13-7-8-16(22-2)17(11-13)23(20,21)19-10-9-18-12-14-5-3-4-6-15(14)19/h3-8,11,18H,9-10,12H2,1-2H3. The van der Waals surface area contributed by atoms with Gasteiger partial charge in [-0.1, -0.05) is 24.3 Å². The second-order valence-corrected chi connectivity index (χ2v) is 7.37. The summed E-state index contributed by atoms with van der Waals surface area (Å²) in [7, 11) is -2.21. The van der Waals surface area contributed by atoms with Crippen LogP contribution in [0.3, 0.4) is 0 Å². The van der Waals surface area contributed by atoms with Crippen LogP contribution < -0.4 is 14.4 Å². The molecule has 1 aliphatic heterocycles. The van der Waals surface area contributed by atoms with Gasteiger partial charge in [0.2, 0.25) is 0 Å². The Balaban J connectivity index is 2.15. The number of hydrogen-bond acceptors (Lipinski definition) is 4. The quantitative estimate of drug-likeness (QED) is 0.937. The Morgan fingerprint density at radius 1 is 1.17 bits per heavy atom. The molecule has 0 atom stereocenters. The average molecular weight is 332 g/mol. The third-order valence-corrected chi connectivity index (χ3v) is 5.79. The lowest BCUT2D eigenvalue weighted by Gasteiger charge is -2.25. The fourth-order valence-corrected chi connectivity index (χ4v) is 4.53.